The number of hydrogen-bond donors (Lipinski definition) is 1. The van der Waals surface area contributed by atoms with Gasteiger partial charge in [-0.3, -0.25) is 0 Å². The Balaban J connectivity index is 1.47. The van der Waals surface area contributed by atoms with E-state index in [4.69, 9.17) is 9.47 Å². The van der Waals surface area contributed by atoms with Crippen molar-refractivity contribution in [2.75, 3.05) is 18.5 Å². The lowest BCUT2D eigenvalue weighted by molar-refractivity contribution is -0.0588. The van der Waals surface area contributed by atoms with Gasteiger partial charge in [0.2, 0.25) is 5.88 Å². The molecule has 1 saturated carbocycles. The molecule has 116 valence electrons. The molecule has 1 aliphatic heterocycles. The van der Waals surface area contributed by atoms with E-state index in [1.807, 2.05) is 25.3 Å². The van der Waals surface area contributed by atoms with E-state index in [9.17, 15) is 0 Å². The second-order valence-electron chi connectivity index (χ2n) is 6.22. The minimum absolute atomic E-state index is 0.210. The average Bonchev–Trinajstić information content (AvgIpc) is 2.90. The lowest BCUT2D eigenvalue weighted by atomic mass is 9.83. The molecule has 2 heterocycles. The Hall–Kier alpha value is -1.29. The third-order valence-electron chi connectivity index (χ3n) is 4.67. The Bertz CT molecular complexity index is 441. The first-order chi connectivity index (χ1) is 10.3. The maximum absolute atomic E-state index is 6.37. The van der Waals surface area contributed by atoms with Gasteiger partial charge >= 0.3 is 0 Å². The van der Waals surface area contributed by atoms with Crippen LogP contribution in [-0.2, 0) is 4.74 Å². The molecule has 3 rings (SSSR count). The van der Waals surface area contributed by atoms with Crippen LogP contribution in [0, 0.1) is 0 Å². The summed E-state index contributed by atoms with van der Waals surface area (Å²) in [6, 6.07) is 3.92. The van der Waals surface area contributed by atoms with Crippen LogP contribution in [0.4, 0.5) is 5.69 Å². The molecule has 1 aromatic heterocycles. The van der Waals surface area contributed by atoms with E-state index in [-0.39, 0.29) is 5.60 Å². The van der Waals surface area contributed by atoms with Crippen LogP contribution >= 0.6 is 0 Å². The molecule has 2 aliphatic rings. The monoisotopic (exact) mass is 290 g/mol. The van der Waals surface area contributed by atoms with Gasteiger partial charge in [0.25, 0.3) is 0 Å². The fraction of sp³-hybridized carbons (Fsp3) is 0.706. The van der Waals surface area contributed by atoms with Crippen molar-refractivity contribution in [1.82, 2.24) is 4.98 Å². The predicted octanol–water partition coefficient (Wildman–Crippen LogP) is 3.77. The molecule has 0 radical (unpaired) electrons. The second-order valence-corrected chi connectivity index (χ2v) is 6.22. The van der Waals surface area contributed by atoms with Crippen molar-refractivity contribution < 1.29 is 9.47 Å². The van der Waals surface area contributed by atoms with Crippen molar-refractivity contribution in [3.8, 4) is 5.88 Å². The number of aromatic nitrogens is 1. The van der Waals surface area contributed by atoms with Gasteiger partial charge in [0.15, 0.2) is 0 Å². The summed E-state index contributed by atoms with van der Waals surface area (Å²) in [5, 5.41) is 3.43. The van der Waals surface area contributed by atoms with Gasteiger partial charge in [0.1, 0.15) is 0 Å². The SMILES string of the molecule is CCOc1ccc(NCC2CCC3(CCCCC3)O2)cn1. The Kier molecular flexibility index (Phi) is 4.63. The van der Waals surface area contributed by atoms with E-state index in [2.05, 4.69) is 10.3 Å². The van der Waals surface area contributed by atoms with E-state index < -0.39 is 0 Å². The zero-order chi connectivity index (χ0) is 14.5. The molecule has 1 aromatic rings. The van der Waals surface area contributed by atoms with Gasteiger partial charge in [-0.1, -0.05) is 19.3 Å². The van der Waals surface area contributed by atoms with Gasteiger partial charge in [-0.05, 0) is 38.7 Å². The van der Waals surface area contributed by atoms with Crippen molar-refractivity contribution in [2.24, 2.45) is 0 Å². The highest BCUT2D eigenvalue weighted by atomic mass is 16.5. The largest absolute Gasteiger partial charge is 0.478 e. The molecule has 1 saturated heterocycles. The molecule has 0 aromatic carbocycles. The standard InChI is InChI=1S/C17H26N2O2/c1-2-20-16-7-6-14(12-19-16)18-13-15-8-11-17(21-15)9-4-3-5-10-17/h6-7,12,15,18H,2-5,8-11,13H2,1H3. The zero-order valence-electron chi connectivity index (χ0n) is 12.9. The van der Waals surface area contributed by atoms with Crippen molar-refractivity contribution in [2.45, 2.75) is 63.6 Å². The van der Waals surface area contributed by atoms with Crippen LogP contribution < -0.4 is 10.1 Å². The summed E-state index contributed by atoms with van der Waals surface area (Å²) in [4.78, 5) is 4.27. The van der Waals surface area contributed by atoms with Crippen LogP contribution in [0.1, 0.15) is 51.9 Å². The number of rotatable bonds is 5. The maximum atomic E-state index is 6.37. The van der Waals surface area contributed by atoms with Crippen molar-refractivity contribution in [3.63, 3.8) is 0 Å². The Morgan fingerprint density at radius 2 is 2.14 bits per heavy atom. The number of hydrogen-bond acceptors (Lipinski definition) is 4. The summed E-state index contributed by atoms with van der Waals surface area (Å²) < 4.78 is 11.7. The van der Waals surface area contributed by atoms with Crippen LogP contribution in [-0.4, -0.2) is 29.8 Å². The van der Waals surface area contributed by atoms with Gasteiger partial charge in [-0.25, -0.2) is 4.98 Å². The topological polar surface area (TPSA) is 43.4 Å². The van der Waals surface area contributed by atoms with Gasteiger partial charge < -0.3 is 14.8 Å². The molecule has 4 heteroatoms. The minimum atomic E-state index is 0.210. The first-order valence-electron chi connectivity index (χ1n) is 8.30. The molecule has 1 spiro atoms. The third-order valence-corrected chi connectivity index (χ3v) is 4.67. The van der Waals surface area contributed by atoms with Crippen LogP contribution in [0.3, 0.4) is 0 Å². The van der Waals surface area contributed by atoms with Crippen molar-refractivity contribution >= 4 is 5.69 Å². The molecular weight excluding hydrogens is 264 g/mol. The lowest BCUT2D eigenvalue weighted by Crippen LogP contribution is -2.33. The van der Waals surface area contributed by atoms with Crippen molar-refractivity contribution in [3.05, 3.63) is 18.3 Å². The van der Waals surface area contributed by atoms with Crippen LogP contribution in [0.2, 0.25) is 0 Å². The van der Waals surface area contributed by atoms with E-state index in [0.717, 1.165) is 12.2 Å². The highest BCUT2D eigenvalue weighted by Gasteiger charge is 2.40. The van der Waals surface area contributed by atoms with Crippen LogP contribution in [0.5, 0.6) is 5.88 Å². The Labute approximate surface area is 127 Å². The van der Waals surface area contributed by atoms with Crippen molar-refractivity contribution in [1.29, 1.82) is 0 Å². The number of nitrogens with one attached hydrogen (secondary N) is 1. The van der Waals surface area contributed by atoms with Gasteiger partial charge in [-0.2, -0.15) is 0 Å². The molecule has 1 atom stereocenters. The lowest BCUT2D eigenvalue weighted by Gasteiger charge is -2.33. The number of anilines is 1. The molecule has 1 aliphatic carbocycles. The highest BCUT2D eigenvalue weighted by Crippen LogP contribution is 2.41. The van der Waals surface area contributed by atoms with Gasteiger partial charge in [-0.15, -0.1) is 0 Å². The molecule has 1 N–H and O–H groups in total. The maximum Gasteiger partial charge on any atom is 0.213 e. The fourth-order valence-electron chi connectivity index (χ4n) is 3.55. The first kappa shape index (κ1) is 14.6. The normalized spacial score (nSPS) is 24.1. The summed E-state index contributed by atoms with van der Waals surface area (Å²) in [7, 11) is 0. The molecule has 2 fully saturated rings. The molecule has 4 nitrogen and oxygen atoms in total. The van der Waals surface area contributed by atoms with Gasteiger partial charge in [0.05, 0.1) is 30.2 Å². The molecule has 0 bridgehead atoms. The van der Waals surface area contributed by atoms with E-state index in [1.165, 1.54) is 44.9 Å². The summed E-state index contributed by atoms with van der Waals surface area (Å²) in [6.45, 7) is 3.49. The summed E-state index contributed by atoms with van der Waals surface area (Å²) >= 11 is 0. The Morgan fingerprint density at radius 3 is 2.86 bits per heavy atom. The predicted molar refractivity (Wildman–Crippen MR) is 83.8 cm³/mol. The zero-order valence-corrected chi connectivity index (χ0v) is 12.9. The summed E-state index contributed by atoms with van der Waals surface area (Å²) in [6.07, 6.45) is 11.2. The fourth-order valence-corrected chi connectivity index (χ4v) is 3.55. The third kappa shape index (κ3) is 3.67. The molecular formula is C17H26N2O2. The molecule has 1 unspecified atom stereocenters. The quantitative estimate of drug-likeness (QED) is 0.896. The molecule has 0 amide bonds. The summed E-state index contributed by atoms with van der Waals surface area (Å²) in [5.41, 5.74) is 1.24. The number of ether oxygens (including phenoxy) is 2. The highest BCUT2D eigenvalue weighted by molar-refractivity contribution is 5.42. The average molecular weight is 290 g/mol. The Morgan fingerprint density at radius 1 is 1.29 bits per heavy atom. The van der Waals surface area contributed by atoms with E-state index in [1.54, 1.807) is 0 Å². The van der Waals surface area contributed by atoms with Crippen LogP contribution in [0.15, 0.2) is 18.3 Å². The first-order valence-corrected chi connectivity index (χ1v) is 8.30. The van der Waals surface area contributed by atoms with E-state index in [0.29, 0.717) is 18.6 Å². The smallest absolute Gasteiger partial charge is 0.213 e. The van der Waals surface area contributed by atoms with Gasteiger partial charge in [0, 0.05) is 12.6 Å². The number of pyridine rings is 1. The molecule has 21 heavy (non-hydrogen) atoms. The number of nitrogens with zero attached hydrogens (tertiary/aromatic N) is 1. The minimum Gasteiger partial charge on any atom is -0.478 e. The van der Waals surface area contributed by atoms with E-state index >= 15 is 0 Å². The summed E-state index contributed by atoms with van der Waals surface area (Å²) in [5.74, 6) is 0.682. The second kappa shape index (κ2) is 6.65. The van der Waals surface area contributed by atoms with Crippen LogP contribution in [0.25, 0.3) is 0 Å².